The number of hydrazone groups is 1. The number of rotatable bonds is 3. The molecule has 2 N–H and O–H groups in total. The molecule has 0 aromatic carbocycles. The van der Waals surface area contributed by atoms with Gasteiger partial charge in [0.25, 0.3) is 0 Å². The van der Waals surface area contributed by atoms with Gasteiger partial charge >= 0.3 is 0 Å². The number of pyridine rings is 1. The van der Waals surface area contributed by atoms with E-state index < -0.39 is 0 Å². The Morgan fingerprint density at radius 3 is 2.89 bits per heavy atom. The lowest BCUT2D eigenvalue weighted by Gasteiger charge is -2.22. The Morgan fingerprint density at radius 2 is 2.22 bits per heavy atom. The van der Waals surface area contributed by atoms with E-state index in [4.69, 9.17) is 12.2 Å². The van der Waals surface area contributed by atoms with Gasteiger partial charge in [-0.2, -0.15) is 5.10 Å². The van der Waals surface area contributed by atoms with Crippen LogP contribution in [0.2, 0.25) is 0 Å². The Labute approximate surface area is 113 Å². The van der Waals surface area contributed by atoms with Gasteiger partial charge < -0.3 is 5.32 Å². The summed E-state index contributed by atoms with van der Waals surface area (Å²) >= 11 is 5.38. The molecule has 0 aliphatic carbocycles. The Morgan fingerprint density at radius 1 is 1.44 bits per heavy atom. The van der Waals surface area contributed by atoms with Crippen LogP contribution in [0.1, 0.15) is 25.5 Å². The van der Waals surface area contributed by atoms with Gasteiger partial charge in [0.15, 0.2) is 0 Å². The van der Waals surface area contributed by atoms with Crippen molar-refractivity contribution in [2.45, 2.75) is 19.8 Å². The first kappa shape index (κ1) is 13.1. The summed E-state index contributed by atoms with van der Waals surface area (Å²) < 4.78 is 0. The number of piperidine rings is 1. The van der Waals surface area contributed by atoms with Crippen LogP contribution in [0.3, 0.4) is 0 Å². The van der Waals surface area contributed by atoms with Gasteiger partial charge in [-0.25, -0.2) is 0 Å². The molecule has 18 heavy (non-hydrogen) atoms. The van der Waals surface area contributed by atoms with Crippen LogP contribution in [0, 0.1) is 5.92 Å². The van der Waals surface area contributed by atoms with Crippen LogP contribution in [0.5, 0.6) is 0 Å². The molecule has 1 aromatic heterocycles. The van der Waals surface area contributed by atoms with Crippen molar-refractivity contribution in [2.75, 3.05) is 13.1 Å². The highest BCUT2D eigenvalue weighted by Gasteiger charge is 2.17. The van der Waals surface area contributed by atoms with E-state index in [1.54, 1.807) is 6.20 Å². The quantitative estimate of drug-likeness (QED) is 0.495. The molecule has 1 fully saturated rings. The predicted molar refractivity (Wildman–Crippen MR) is 77.8 cm³/mol. The van der Waals surface area contributed by atoms with Crippen molar-refractivity contribution in [3.05, 3.63) is 30.1 Å². The third-order valence-corrected chi connectivity index (χ3v) is 3.50. The van der Waals surface area contributed by atoms with Gasteiger partial charge in [0.2, 0.25) is 0 Å². The van der Waals surface area contributed by atoms with E-state index in [0.29, 0.717) is 5.92 Å². The zero-order chi connectivity index (χ0) is 12.8. The molecule has 0 unspecified atom stereocenters. The van der Waals surface area contributed by atoms with Crippen LogP contribution in [0.4, 0.5) is 0 Å². The van der Waals surface area contributed by atoms with Gasteiger partial charge in [-0.05, 0) is 45.0 Å². The number of nitrogens with one attached hydrogen (secondary N) is 2. The molecule has 1 aliphatic heterocycles. The second-order valence-corrected chi connectivity index (χ2v) is 4.85. The van der Waals surface area contributed by atoms with Crippen molar-refractivity contribution < 1.29 is 0 Å². The van der Waals surface area contributed by atoms with E-state index in [2.05, 4.69) is 20.8 Å². The highest BCUT2D eigenvalue weighted by atomic mass is 32.1. The van der Waals surface area contributed by atoms with Crippen LogP contribution in [-0.4, -0.2) is 28.8 Å². The van der Waals surface area contributed by atoms with Gasteiger partial charge in [-0.3, -0.25) is 10.4 Å². The molecule has 4 nitrogen and oxygen atoms in total. The summed E-state index contributed by atoms with van der Waals surface area (Å²) in [6, 6.07) is 5.78. The Kier molecular flexibility index (Phi) is 4.78. The van der Waals surface area contributed by atoms with Gasteiger partial charge in [0.1, 0.15) is 0 Å². The predicted octanol–water partition coefficient (Wildman–Crippen LogP) is 1.72. The standard InChI is InChI=1S/C13H18N4S/c1-10(12-4-2-3-7-15-12)16-17-13(18)11-5-8-14-9-6-11/h2-4,7,11,14H,5-6,8-9H2,1H3,(H,17,18)/b16-10+. The van der Waals surface area contributed by atoms with Crippen molar-refractivity contribution >= 4 is 22.9 Å². The minimum absolute atomic E-state index is 0.446. The van der Waals surface area contributed by atoms with E-state index in [9.17, 15) is 0 Å². The van der Waals surface area contributed by atoms with Crippen molar-refractivity contribution in [1.82, 2.24) is 15.7 Å². The van der Waals surface area contributed by atoms with Gasteiger partial charge in [-0.1, -0.05) is 18.3 Å². The monoisotopic (exact) mass is 262 g/mol. The van der Waals surface area contributed by atoms with E-state index >= 15 is 0 Å². The molecule has 0 bridgehead atoms. The summed E-state index contributed by atoms with van der Waals surface area (Å²) in [4.78, 5) is 5.08. The fraction of sp³-hybridized carbons (Fsp3) is 0.462. The molecule has 1 aromatic rings. The van der Waals surface area contributed by atoms with Crippen LogP contribution in [-0.2, 0) is 0 Å². The normalized spacial score (nSPS) is 17.5. The van der Waals surface area contributed by atoms with E-state index in [-0.39, 0.29) is 0 Å². The number of hydrogen-bond donors (Lipinski definition) is 2. The van der Waals surface area contributed by atoms with Crippen molar-refractivity contribution in [1.29, 1.82) is 0 Å². The molecular formula is C13H18N4S. The first-order valence-electron chi connectivity index (χ1n) is 6.23. The Bertz CT molecular complexity index is 424. The lowest BCUT2D eigenvalue weighted by Crippen LogP contribution is -2.35. The first-order valence-corrected chi connectivity index (χ1v) is 6.64. The molecule has 0 radical (unpaired) electrons. The topological polar surface area (TPSA) is 49.3 Å². The molecule has 0 amide bonds. The lowest BCUT2D eigenvalue weighted by atomic mass is 9.98. The van der Waals surface area contributed by atoms with Crippen molar-refractivity contribution in [3.8, 4) is 0 Å². The third-order valence-electron chi connectivity index (χ3n) is 3.08. The van der Waals surface area contributed by atoms with Crippen LogP contribution in [0.25, 0.3) is 0 Å². The SMILES string of the molecule is C/C(=N\NC(=S)C1CCNCC1)c1ccccn1. The summed E-state index contributed by atoms with van der Waals surface area (Å²) in [5.41, 5.74) is 4.73. The van der Waals surface area contributed by atoms with E-state index in [1.165, 1.54) is 0 Å². The summed E-state index contributed by atoms with van der Waals surface area (Å²) in [6.45, 7) is 4.01. The molecule has 0 atom stereocenters. The van der Waals surface area contributed by atoms with Crippen LogP contribution in [0.15, 0.2) is 29.5 Å². The maximum absolute atomic E-state index is 5.38. The molecule has 1 saturated heterocycles. The molecule has 5 heteroatoms. The van der Waals surface area contributed by atoms with Gasteiger partial charge in [0.05, 0.1) is 16.4 Å². The Balaban J connectivity index is 1.91. The summed E-state index contributed by atoms with van der Waals surface area (Å²) in [5, 5.41) is 7.64. The van der Waals surface area contributed by atoms with Gasteiger partial charge in [0, 0.05) is 12.1 Å². The molecule has 96 valence electrons. The Hall–Kier alpha value is -1.33. The van der Waals surface area contributed by atoms with Crippen LogP contribution < -0.4 is 10.7 Å². The maximum Gasteiger partial charge on any atom is 0.0993 e. The van der Waals surface area contributed by atoms with E-state index in [0.717, 1.165) is 42.3 Å². The summed E-state index contributed by atoms with van der Waals surface area (Å²) in [6.07, 6.45) is 3.94. The highest BCUT2D eigenvalue weighted by Crippen LogP contribution is 2.12. The van der Waals surface area contributed by atoms with Gasteiger partial charge in [-0.15, -0.1) is 0 Å². The van der Waals surface area contributed by atoms with Crippen LogP contribution >= 0.6 is 12.2 Å². The highest BCUT2D eigenvalue weighted by molar-refractivity contribution is 7.80. The molecule has 2 heterocycles. The number of aromatic nitrogens is 1. The van der Waals surface area contributed by atoms with Crippen molar-refractivity contribution in [2.24, 2.45) is 11.0 Å². The van der Waals surface area contributed by atoms with E-state index in [1.807, 2.05) is 25.1 Å². The maximum atomic E-state index is 5.38. The molecular weight excluding hydrogens is 244 g/mol. The number of nitrogens with zero attached hydrogens (tertiary/aromatic N) is 2. The fourth-order valence-electron chi connectivity index (χ4n) is 1.95. The largest absolute Gasteiger partial charge is 0.317 e. The first-order chi connectivity index (χ1) is 8.77. The smallest absolute Gasteiger partial charge is 0.0993 e. The lowest BCUT2D eigenvalue weighted by molar-refractivity contribution is 0.453. The second-order valence-electron chi connectivity index (χ2n) is 4.41. The average Bonchev–Trinajstić information content (AvgIpc) is 2.46. The summed E-state index contributed by atoms with van der Waals surface area (Å²) in [7, 11) is 0. The zero-order valence-corrected chi connectivity index (χ0v) is 11.3. The number of hydrogen-bond acceptors (Lipinski definition) is 4. The second kappa shape index (κ2) is 6.56. The van der Waals surface area contributed by atoms with Crippen molar-refractivity contribution in [3.63, 3.8) is 0 Å². The summed E-state index contributed by atoms with van der Waals surface area (Å²) in [5.74, 6) is 0.446. The molecule has 2 rings (SSSR count). The average molecular weight is 262 g/mol. The fourth-order valence-corrected chi connectivity index (χ4v) is 2.23. The molecule has 1 aliphatic rings. The zero-order valence-electron chi connectivity index (χ0n) is 10.5. The minimum Gasteiger partial charge on any atom is -0.317 e. The third kappa shape index (κ3) is 3.58. The molecule has 0 spiro atoms. The minimum atomic E-state index is 0.446. The number of thiocarbonyl (C=S) groups is 1. The molecule has 0 saturated carbocycles.